The Labute approximate surface area is 186 Å². The van der Waals surface area contributed by atoms with Crippen LogP contribution in [-0.4, -0.2) is 68.5 Å². The number of methoxy groups -OCH3 is 2. The molecule has 3 rings (SSSR count). The second kappa shape index (κ2) is 11.9. The largest absolute Gasteiger partial charge is 0.496 e. The van der Waals surface area contributed by atoms with Crippen molar-refractivity contribution in [3.05, 3.63) is 53.6 Å². The third kappa shape index (κ3) is 7.13. The number of benzene rings is 2. The third-order valence-corrected chi connectivity index (χ3v) is 5.66. The van der Waals surface area contributed by atoms with Crippen LogP contribution in [0.1, 0.15) is 30.4 Å². The number of aliphatic hydroxyl groups excluding tert-OH is 1. The van der Waals surface area contributed by atoms with Crippen molar-refractivity contribution < 1.29 is 19.3 Å². The SMILES string of the molecule is COc1ccccc1CN(C)Cc1ccc(OC)c(OCC(O)CN2CCCCC2)c1. The zero-order chi connectivity index (χ0) is 22.1. The van der Waals surface area contributed by atoms with Gasteiger partial charge >= 0.3 is 0 Å². The maximum atomic E-state index is 10.4. The summed E-state index contributed by atoms with van der Waals surface area (Å²) in [6.07, 6.45) is 3.20. The molecule has 2 aromatic carbocycles. The summed E-state index contributed by atoms with van der Waals surface area (Å²) in [6.45, 7) is 4.58. The fraction of sp³-hybridized carbons (Fsp3) is 0.520. The molecule has 1 atom stereocenters. The van der Waals surface area contributed by atoms with Gasteiger partial charge in [0.15, 0.2) is 11.5 Å². The molecular weight excluding hydrogens is 392 g/mol. The molecule has 6 nitrogen and oxygen atoms in total. The molecule has 31 heavy (non-hydrogen) atoms. The standard InChI is InChI=1S/C25H36N2O4/c1-26(17-21-9-5-6-10-23(21)29-2)16-20-11-12-24(30-3)25(15-20)31-19-22(28)18-27-13-7-4-8-14-27/h5-6,9-12,15,22,28H,4,7-8,13-14,16-19H2,1-3H3. The Balaban J connectivity index is 1.57. The fourth-order valence-electron chi connectivity index (χ4n) is 4.10. The number of likely N-dealkylation sites (tertiary alicyclic amines) is 1. The Hall–Kier alpha value is -2.28. The average Bonchev–Trinajstić information content (AvgIpc) is 2.79. The average molecular weight is 429 g/mol. The molecule has 1 aliphatic heterocycles. The van der Waals surface area contributed by atoms with Crippen LogP contribution >= 0.6 is 0 Å². The molecule has 1 unspecified atom stereocenters. The minimum Gasteiger partial charge on any atom is -0.496 e. The van der Waals surface area contributed by atoms with Gasteiger partial charge in [-0.25, -0.2) is 0 Å². The lowest BCUT2D eigenvalue weighted by Crippen LogP contribution is -2.38. The summed E-state index contributed by atoms with van der Waals surface area (Å²) in [7, 11) is 5.42. The topological polar surface area (TPSA) is 54.4 Å². The van der Waals surface area contributed by atoms with Crippen LogP contribution < -0.4 is 14.2 Å². The zero-order valence-corrected chi connectivity index (χ0v) is 19.0. The van der Waals surface area contributed by atoms with Gasteiger partial charge in [0, 0.05) is 25.2 Å². The van der Waals surface area contributed by atoms with Crippen molar-refractivity contribution in [2.75, 3.05) is 47.5 Å². The Bertz CT molecular complexity index is 808. The van der Waals surface area contributed by atoms with Crippen LogP contribution in [0.3, 0.4) is 0 Å². The summed E-state index contributed by atoms with van der Waals surface area (Å²) in [4.78, 5) is 4.55. The summed E-state index contributed by atoms with van der Waals surface area (Å²) in [5.74, 6) is 2.25. The van der Waals surface area contributed by atoms with Crippen LogP contribution in [-0.2, 0) is 13.1 Å². The molecule has 0 amide bonds. The van der Waals surface area contributed by atoms with Crippen molar-refractivity contribution >= 4 is 0 Å². The van der Waals surface area contributed by atoms with Crippen LogP contribution in [0, 0.1) is 0 Å². The lowest BCUT2D eigenvalue weighted by Gasteiger charge is -2.28. The van der Waals surface area contributed by atoms with Gasteiger partial charge in [0.25, 0.3) is 0 Å². The van der Waals surface area contributed by atoms with E-state index in [-0.39, 0.29) is 6.61 Å². The van der Waals surface area contributed by atoms with Crippen molar-refractivity contribution in [1.82, 2.24) is 9.80 Å². The van der Waals surface area contributed by atoms with Crippen molar-refractivity contribution in [3.63, 3.8) is 0 Å². The van der Waals surface area contributed by atoms with Gasteiger partial charge in [-0.3, -0.25) is 4.90 Å². The van der Waals surface area contributed by atoms with Gasteiger partial charge in [-0.15, -0.1) is 0 Å². The van der Waals surface area contributed by atoms with Crippen LogP contribution in [0.4, 0.5) is 0 Å². The number of nitrogens with zero attached hydrogens (tertiary/aromatic N) is 2. The predicted molar refractivity (Wildman–Crippen MR) is 123 cm³/mol. The molecule has 1 aliphatic rings. The number of rotatable bonds is 11. The van der Waals surface area contributed by atoms with E-state index in [1.165, 1.54) is 19.3 Å². The highest BCUT2D eigenvalue weighted by Gasteiger charge is 2.16. The molecule has 0 aliphatic carbocycles. The van der Waals surface area contributed by atoms with Crippen LogP contribution in [0.25, 0.3) is 0 Å². The highest BCUT2D eigenvalue weighted by molar-refractivity contribution is 5.43. The molecule has 1 N–H and O–H groups in total. The van der Waals surface area contributed by atoms with Crippen molar-refractivity contribution in [2.45, 2.75) is 38.5 Å². The molecule has 0 saturated carbocycles. The third-order valence-electron chi connectivity index (χ3n) is 5.66. The lowest BCUT2D eigenvalue weighted by atomic mass is 10.1. The van der Waals surface area contributed by atoms with Crippen LogP contribution in [0.2, 0.25) is 0 Å². The summed E-state index contributed by atoms with van der Waals surface area (Å²) in [5.41, 5.74) is 2.28. The highest BCUT2D eigenvalue weighted by Crippen LogP contribution is 2.29. The predicted octanol–water partition coefficient (Wildman–Crippen LogP) is 3.56. The van der Waals surface area contributed by atoms with Crippen molar-refractivity contribution in [2.24, 2.45) is 0 Å². The number of β-amino-alcohol motifs (C(OH)–C–C–N with tert-alkyl or cyclic N) is 1. The van der Waals surface area contributed by atoms with Gasteiger partial charge in [-0.2, -0.15) is 0 Å². The number of ether oxygens (including phenoxy) is 3. The Morgan fingerprint density at radius 1 is 0.935 bits per heavy atom. The zero-order valence-electron chi connectivity index (χ0n) is 19.0. The molecule has 1 fully saturated rings. The van der Waals surface area contributed by atoms with Crippen molar-refractivity contribution in [1.29, 1.82) is 0 Å². The van der Waals surface area contributed by atoms with E-state index in [2.05, 4.69) is 29.0 Å². The number of piperidine rings is 1. The van der Waals surface area contributed by atoms with E-state index in [0.717, 1.165) is 43.1 Å². The quantitative estimate of drug-likeness (QED) is 0.591. The molecule has 0 aromatic heterocycles. The minimum absolute atomic E-state index is 0.257. The smallest absolute Gasteiger partial charge is 0.161 e. The highest BCUT2D eigenvalue weighted by atomic mass is 16.5. The second-order valence-electron chi connectivity index (χ2n) is 8.30. The fourth-order valence-corrected chi connectivity index (χ4v) is 4.10. The summed E-state index contributed by atoms with van der Waals surface area (Å²) in [5, 5.41) is 10.4. The van der Waals surface area contributed by atoms with E-state index in [9.17, 15) is 5.11 Å². The van der Waals surface area contributed by atoms with E-state index in [1.807, 2.05) is 30.3 Å². The Morgan fingerprint density at radius 3 is 2.42 bits per heavy atom. The van der Waals surface area contributed by atoms with Gasteiger partial charge in [-0.05, 0) is 56.7 Å². The molecular formula is C25H36N2O4. The van der Waals surface area contributed by atoms with Gasteiger partial charge in [0.2, 0.25) is 0 Å². The summed E-state index contributed by atoms with van der Waals surface area (Å²) in [6, 6.07) is 14.1. The second-order valence-corrected chi connectivity index (χ2v) is 8.30. The van der Waals surface area contributed by atoms with Gasteiger partial charge in [0.05, 0.1) is 14.2 Å². The Kier molecular flexibility index (Phi) is 9.00. The molecule has 170 valence electrons. The molecule has 0 bridgehead atoms. The first-order chi connectivity index (χ1) is 15.1. The normalized spacial score (nSPS) is 15.6. The molecule has 0 radical (unpaired) electrons. The van der Waals surface area contributed by atoms with Gasteiger partial charge in [0.1, 0.15) is 18.5 Å². The molecule has 6 heteroatoms. The van der Waals surface area contributed by atoms with E-state index >= 15 is 0 Å². The molecule has 2 aromatic rings. The number of hydrogen-bond donors (Lipinski definition) is 1. The number of hydrogen-bond acceptors (Lipinski definition) is 6. The molecule has 0 spiro atoms. The maximum Gasteiger partial charge on any atom is 0.161 e. The lowest BCUT2D eigenvalue weighted by molar-refractivity contribution is 0.0608. The number of aliphatic hydroxyl groups is 1. The van der Waals surface area contributed by atoms with E-state index in [4.69, 9.17) is 14.2 Å². The van der Waals surface area contributed by atoms with E-state index < -0.39 is 6.10 Å². The first-order valence-corrected chi connectivity index (χ1v) is 11.1. The monoisotopic (exact) mass is 428 g/mol. The van der Waals surface area contributed by atoms with Crippen LogP contribution in [0.15, 0.2) is 42.5 Å². The first kappa shape index (κ1) is 23.4. The number of para-hydroxylation sites is 1. The minimum atomic E-state index is -0.514. The summed E-state index contributed by atoms with van der Waals surface area (Å²) < 4.78 is 16.9. The van der Waals surface area contributed by atoms with Gasteiger partial charge in [-0.1, -0.05) is 30.7 Å². The first-order valence-electron chi connectivity index (χ1n) is 11.1. The Morgan fingerprint density at radius 2 is 1.68 bits per heavy atom. The maximum absolute atomic E-state index is 10.4. The van der Waals surface area contributed by atoms with E-state index in [1.54, 1.807) is 14.2 Å². The van der Waals surface area contributed by atoms with Gasteiger partial charge < -0.3 is 24.2 Å². The van der Waals surface area contributed by atoms with Crippen LogP contribution in [0.5, 0.6) is 17.2 Å². The molecule has 1 saturated heterocycles. The summed E-state index contributed by atoms with van der Waals surface area (Å²) >= 11 is 0. The van der Waals surface area contributed by atoms with Crippen molar-refractivity contribution in [3.8, 4) is 17.2 Å². The molecule has 1 heterocycles. The van der Waals surface area contributed by atoms with E-state index in [0.29, 0.717) is 18.0 Å².